The molecule has 0 saturated carbocycles. The summed E-state index contributed by atoms with van der Waals surface area (Å²) < 4.78 is 26.2. The molecule has 0 fully saturated rings. The molecule has 0 aliphatic carbocycles. The van der Waals surface area contributed by atoms with Crippen LogP contribution in [-0.2, 0) is 0 Å². The SMILES string of the molecule is CC[C@H](C)Oc1c(I)cc(/C=C(/C#N)c2ccccc2F)cc1OC. The van der Waals surface area contributed by atoms with Gasteiger partial charge in [-0.15, -0.1) is 0 Å². The quantitative estimate of drug-likeness (QED) is 0.323. The maximum Gasteiger partial charge on any atom is 0.174 e. The van der Waals surface area contributed by atoms with Gasteiger partial charge in [-0.3, -0.25) is 0 Å². The van der Waals surface area contributed by atoms with Gasteiger partial charge in [-0.25, -0.2) is 4.39 Å². The van der Waals surface area contributed by atoms with Gasteiger partial charge in [-0.1, -0.05) is 25.1 Å². The van der Waals surface area contributed by atoms with Crippen molar-refractivity contribution in [3.05, 3.63) is 56.9 Å². The number of hydrogen-bond donors (Lipinski definition) is 0. The van der Waals surface area contributed by atoms with Gasteiger partial charge in [0.2, 0.25) is 0 Å². The number of nitriles is 1. The highest BCUT2D eigenvalue weighted by atomic mass is 127. The number of ether oxygens (including phenoxy) is 2. The van der Waals surface area contributed by atoms with E-state index < -0.39 is 5.82 Å². The summed E-state index contributed by atoms with van der Waals surface area (Å²) in [5, 5.41) is 9.42. The molecule has 0 saturated heterocycles. The summed E-state index contributed by atoms with van der Waals surface area (Å²) in [4.78, 5) is 0. The molecule has 5 heteroatoms. The zero-order valence-corrected chi connectivity index (χ0v) is 16.5. The number of allylic oxidation sites excluding steroid dienone is 1. The van der Waals surface area contributed by atoms with Crippen LogP contribution in [0.3, 0.4) is 0 Å². The standard InChI is InChI=1S/C20H19FINO2/c1-4-13(2)25-20-18(22)10-14(11-19(20)24-3)9-15(12-23)16-7-5-6-8-17(16)21/h5-11,13H,4H2,1-3H3/b15-9-/t13-/m0/s1. The van der Waals surface area contributed by atoms with Gasteiger partial charge in [0, 0.05) is 5.56 Å². The normalized spacial score (nSPS) is 12.4. The van der Waals surface area contributed by atoms with E-state index in [1.165, 1.54) is 6.07 Å². The van der Waals surface area contributed by atoms with Gasteiger partial charge in [0.05, 0.1) is 28.4 Å². The summed E-state index contributed by atoms with van der Waals surface area (Å²) in [7, 11) is 1.57. The Morgan fingerprint density at radius 2 is 2.08 bits per heavy atom. The van der Waals surface area contributed by atoms with Crippen molar-refractivity contribution in [2.45, 2.75) is 26.4 Å². The zero-order valence-electron chi connectivity index (χ0n) is 14.3. The molecule has 0 bridgehead atoms. The van der Waals surface area contributed by atoms with E-state index in [0.717, 1.165) is 15.6 Å². The van der Waals surface area contributed by atoms with Crippen LogP contribution < -0.4 is 9.47 Å². The molecule has 0 N–H and O–H groups in total. The summed E-state index contributed by atoms with van der Waals surface area (Å²) >= 11 is 2.17. The first kappa shape index (κ1) is 19.3. The number of rotatable bonds is 6. The first-order valence-electron chi connectivity index (χ1n) is 7.91. The lowest BCUT2D eigenvalue weighted by Crippen LogP contribution is -2.11. The summed E-state index contributed by atoms with van der Waals surface area (Å²) in [5.41, 5.74) is 1.28. The molecular weight excluding hydrogens is 432 g/mol. The van der Waals surface area contributed by atoms with Crippen LogP contribution in [0.2, 0.25) is 0 Å². The Morgan fingerprint density at radius 3 is 2.68 bits per heavy atom. The molecule has 2 aromatic carbocycles. The molecule has 0 amide bonds. The van der Waals surface area contributed by atoms with Crippen LogP contribution in [-0.4, -0.2) is 13.2 Å². The molecule has 0 unspecified atom stereocenters. The van der Waals surface area contributed by atoms with Crippen molar-refractivity contribution >= 4 is 34.2 Å². The van der Waals surface area contributed by atoms with Crippen LogP contribution in [0.4, 0.5) is 4.39 Å². The van der Waals surface area contributed by atoms with Crippen LogP contribution in [0.25, 0.3) is 11.6 Å². The van der Waals surface area contributed by atoms with E-state index in [0.29, 0.717) is 11.5 Å². The van der Waals surface area contributed by atoms with E-state index in [1.54, 1.807) is 37.5 Å². The number of nitrogens with zero attached hydrogens (tertiary/aromatic N) is 1. The predicted molar refractivity (Wildman–Crippen MR) is 106 cm³/mol. The number of methoxy groups -OCH3 is 1. The summed E-state index contributed by atoms with van der Waals surface area (Å²) in [5.74, 6) is 0.844. The van der Waals surface area contributed by atoms with E-state index in [9.17, 15) is 9.65 Å². The predicted octanol–water partition coefficient (Wildman–Crippen LogP) is 5.68. The third-order valence-corrected chi connectivity index (χ3v) is 4.54. The van der Waals surface area contributed by atoms with Crippen LogP contribution >= 0.6 is 22.6 Å². The molecule has 25 heavy (non-hydrogen) atoms. The molecule has 2 aromatic rings. The molecule has 0 radical (unpaired) electrons. The number of halogens is 2. The fourth-order valence-electron chi connectivity index (χ4n) is 2.24. The lowest BCUT2D eigenvalue weighted by atomic mass is 10.0. The number of benzene rings is 2. The van der Waals surface area contributed by atoms with E-state index >= 15 is 0 Å². The van der Waals surface area contributed by atoms with Crippen molar-refractivity contribution in [3.63, 3.8) is 0 Å². The minimum atomic E-state index is -0.423. The third kappa shape index (κ3) is 4.73. The Morgan fingerprint density at radius 1 is 1.36 bits per heavy atom. The highest BCUT2D eigenvalue weighted by Gasteiger charge is 2.14. The van der Waals surface area contributed by atoms with Crippen molar-refractivity contribution in [1.82, 2.24) is 0 Å². The van der Waals surface area contributed by atoms with Gasteiger partial charge >= 0.3 is 0 Å². The Balaban J connectivity index is 2.48. The first-order chi connectivity index (χ1) is 12.0. The Kier molecular flexibility index (Phi) is 6.82. The first-order valence-corrected chi connectivity index (χ1v) is 8.98. The van der Waals surface area contributed by atoms with Crippen LogP contribution in [0.1, 0.15) is 31.4 Å². The van der Waals surface area contributed by atoms with Gasteiger partial charge in [0.1, 0.15) is 5.82 Å². The van der Waals surface area contributed by atoms with Gasteiger partial charge < -0.3 is 9.47 Å². The second-order valence-electron chi connectivity index (χ2n) is 5.52. The Labute approximate surface area is 161 Å². The lowest BCUT2D eigenvalue weighted by molar-refractivity contribution is 0.206. The van der Waals surface area contributed by atoms with Gasteiger partial charge in [-0.2, -0.15) is 5.26 Å². The Bertz CT molecular complexity index is 827. The van der Waals surface area contributed by atoms with Gasteiger partial charge in [0.15, 0.2) is 11.5 Å². The van der Waals surface area contributed by atoms with E-state index in [2.05, 4.69) is 35.6 Å². The van der Waals surface area contributed by atoms with Crippen molar-refractivity contribution in [3.8, 4) is 17.6 Å². The lowest BCUT2D eigenvalue weighted by Gasteiger charge is -2.17. The zero-order chi connectivity index (χ0) is 18.4. The highest BCUT2D eigenvalue weighted by molar-refractivity contribution is 14.1. The molecule has 0 aliphatic heterocycles. The smallest absolute Gasteiger partial charge is 0.174 e. The molecule has 0 aliphatic rings. The second kappa shape index (κ2) is 8.86. The molecule has 1 atom stereocenters. The largest absolute Gasteiger partial charge is 0.493 e. The van der Waals surface area contributed by atoms with E-state index in [4.69, 9.17) is 9.47 Å². The average Bonchev–Trinajstić information content (AvgIpc) is 2.62. The van der Waals surface area contributed by atoms with Crippen molar-refractivity contribution in [2.75, 3.05) is 7.11 Å². The molecular formula is C20H19FINO2. The third-order valence-electron chi connectivity index (χ3n) is 3.74. The topological polar surface area (TPSA) is 42.2 Å². The maximum atomic E-state index is 14.0. The van der Waals surface area contributed by atoms with Crippen LogP contribution in [0.15, 0.2) is 36.4 Å². The molecule has 0 aromatic heterocycles. The maximum absolute atomic E-state index is 14.0. The minimum absolute atomic E-state index is 0.0666. The average molecular weight is 451 g/mol. The highest BCUT2D eigenvalue weighted by Crippen LogP contribution is 2.36. The molecule has 130 valence electrons. The van der Waals surface area contributed by atoms with E-state index in [1.807, 2.05) is 13.0 Å². The molecule has 0 heterocycles. The fourth-order valence-corrected chi connectivity index (χ4v) is 2.99. The van der Waals surface area contributed by atoms with Gasteiger partial charge in [0.25, 0.3) is 0 Å². The van der Waals surface area contributed by atoms with Crippen LogP contribution in [0, 0.1) is 20.7 Å². The van der Waals surface area contributed by atoms with Crippen molar-refractivity contribution in [1.29, 1.82) is 5.26 Å². The molecule has 0 spiro atoms. The van der Waals surface area contributed by atoms with Crippen LogP contribution in [0.5, 0.6) is 11.5 Å². The minimum Gasteiger partial charge on any atom is -0.493 e. The Hall–Kier alpha value is -2.07. The number of hydrogen-bond acceptors (Lipinski definition) is 3. The molecule has 2 rings (SSSR count). The monoisotopic (exact) mass is 451 g/mol. The summed E-state index contributed by atoms with van der Waals surface area (Å²) in [6.45, 7) is 4.05. The van der Waals surface area contributed by atoms with Crippen molar-refractivity contribution < 1.29 is 13.9 Å². The van der Waals surface area contributed by atoms with Gasteiger partial charge in [-0.05, 0) is 65.8 Å². The summed E-state index contributed by atoms with van der Waals surface area (Å²) in [6.07, 6.45) is 2.60. The van der Waals surface area contributed by atoms with E-state index in [-0.39, 0.29) is 17.2 Å². The molecule has 3 nitrogen and oxygen atoms in total. The van der Waals surface area contributed by atoms with Crippen molar-refractivity contribution in [2.24, 2.45) is 0 Å². The fraction of sp³-hybridized carbons (Fsp3) is 0.250. The second-order valence-corrected chi connectivity index (χ2v) is 6.68. The summed E-state index contributed by atoms with van der Waals surface area (Å²) in [6, 6.07) is 12.0.